The topological polar surface area (TPSA) is 120 Å². The van der Waals surface area contributed by atoms with E-state index in [-0.39, 0.29) is 5.57 Å². The number of nitrogens with zero attached hydrogens (tertiary/aromatic N) is 2. The molecule has 0 saturated carbocycles. The van der Waals surface area contributed by atoms with Crippen molar-refractivity contribution in [1.29, 1.82) is 10.5 Å². The molecule has 2 aromatic rings. The zero-order valence-electron chi connectivity index (χ0n) is 15.5. The van der Waals surface area contributed by atoms with Crippen molar-refractivity contribution < 1.29 is 24.2 Å². The number of ether oxygens (including phenoxy) is 2. The highest BCUT2D eigenvalue weighted by Gasteiger charge is 2.62. The number of esters is 2. The van der Waals surface area contributed by atoms with E-state index >= 15 is 0 Å². The third-order valence-electron chi connectivity index (χ3n) is 5.05. The molecule has 1 aliphatic carbocycles. The van der Waals surface area contributed by atoms with Gasteiger partial charge in [-0.1, -0.05) is 12.1 Å². The van der Waals surface area contributed by atoms with Gasteiger partial charge in [-0.2, -0.15) is 10.5 Å². The van der Waals surface area contributed by atoms with Crippen molar-refractivity contribution in [3.8, 4) is 12.1 Å². The molecule has 0 spiro atoms. The van der Waals surface area contributed by atoms with Gasteiger partial charge in [-0.05, 0) is 22.9 Å². The Hall–Kier alpha value is -3.14. The van der Waals surface area contributed by atoms with E-state index in [2.05, 4.69) is 12.1 Å². The van der Waals surface area contributed by atoms with Crippen LogP contribution in [0.5, 0.6) is 0 Å². The van der Waals surface area contributed by atoms with Gasteiger partial charge in [0.05, 0.1) is 37.8 Å². The number of hydrogen-bond acceptors (Lipinski definition) is 9. The minimum Gasteiger partial charge on any atom is -0.511 e. The van der Waals surface area contributed by atoms with Gasteiger partial charge in [-0.3, -0.25) is 4.79 Å². The van der Waals surface area contributed by atoms with Crippen molar-refractivity contribution >= 4 is 34.6 Å². The van der Waals surface area contributed by atoms with Gasteiger partial charge in [0, 0.05) is 15.7 Å². The molecule has 3 unspecified atom stereocenters. The Morgan fingerprint density at radius 2 is 1.66 bits per heavy atom. The monoisotopic (exact) mass is 428 g/mol. The highest BCUT2D eigenvalue weighted by Crippen LogP contribution is 2.60. The van der Waals surface area contributed by atoms with E-state index in [1.165, 1.54) is 22.7 Å². The first-order valence-corrected chi connectivity index (χ1v) is 10.2. The Kier molecular flexibility index (Phi) is 5.73. The lowest BCUT2D eigenvalue weighted by Crippen LogP contribution is -2.46. The molecule has 3 atom stereocenters. The normalized spacial score (nSPS) is 23.0. The summed E-state index contributed by atoms with van der Waals surface area (Å²) in [5.74, 6) is -5.83. The van der Waals surface area contributed by atoms with Crippen LogP contribution in [0.15, 0.2) is 46.4 Å². The maximum absolute atomic E-state index is 12.7. The molecular weight excluding hydrogens is 412 g/mol. The third-order valence-corrected chi connectivity index (χ3v) is 6.94. The molecule has 3 rings (SSSR count). The van der Waals surface area contributed by atoms with Crippen LogP contribution in [0, 0.1) is 34.0 Å². The second-order valence-electron chi connectivity index (χ2n) is 6.33. The number of carbonyl (C=O) groups is 2. The SMILES string of the molecule is COC(=O)C1=C(O)C(C(=O)OC)C(c2cccs2)C(C#N)(C#N)C1c1cccs1. The van der Waals surface area contributed by atoms with Crippen LogP contribution in [0.2, 0.25) is 0 Å². The van der Waals surface area contributed by atoms with E-state index in [1.807, 2.05) is 0 Å². The zero-order valence-corrected chi connectivity index (χ0v) is 17.1. The molecule has 2 aromatic heterocycles. The molecule has 1 aliphatic rings. The summed E-state index contributed by atoms with van der Waals surface area (Å²) in [5, 5.41) is 35.0. The summed E-state index contributed by atoms with van der Waals surface area (Å²) in [7, 11) is 2.28. The van der Waals surface area contributed by atoms with Crippen LogP contribution < -0.4 is 0 Å². The Bertz CT molecular complexity index is 1010. The van der Waals surface area contributed by atoms with Crippen LogP contribution in [0.25, 0.3) is 0 Å². The van der Waals surface area contributed by atoms with E-state index in [0.717, 1.165) is 14.2 Å². The molecule has 0 saturated heterocycles. The molecule has 0 fully saturated rings. The fraction of sp³-hybridized carbons (Fsp3) is 0.300. The maximum atomic E-state index is 12.7. The molecule has 0 aliphatic heterocycles. The van der Waals surface area contributed by atoms with E-state index < -0.39 is 40.9 Å². The summed E-state index contributed by atoms with van der Waals surface area (Å²) in [6, 6.07) is 11.0. The van der Waals surface area contributed by atoms with Crippen molar-refractivity contribution in [3.63, 3.8) is 0 Å². The fourth-order valence-electron chi connectivity index (χ4n) is 3.82. The van der Waals surface area contributed by atoms with Crippen LogP contribution in [0.4, 0.5) is 0 Å². The van der Waals surface area contributed by atoms with Gasteiger partial charge in [-0.25, -0.2) is 4.79 Å². The first-order valence-electron chi connectivity index (χ1n) is 8.45. The second kappa shape index (κ2) is 8.08. The van der Waals surface area contributed by atoms with Gasteiger partial charge in [-0.15, -0.1) is 22.7 Å². The average molecular weight is 428 g/mol. The van der Waals surface area contributed by atoms with Crippen LogP contribution >= 0.6 is 22.7 Å². The lowest BCUT2D eigenvalue weighted by atomic mass is 9.56. The molecule has 0 aromatic carbocycles. The van der Waals surface area contributed by atoms with Crippen LogP contribution in [0.3, 0.4) is 0 Å². The summed E-state index contributed by atoms with van der Waals surface area (Å²) < 4.78 is 9.70. The lowest BCUT2D eigenvalue weighted by molar-refractivity contribution is -0.147. The standard InChI is InChI=1S/C20H16N2O5S2/c1-26-18(24)13-15(11-5-3-7-28-11)20(9-21,10-22)16(12-6-4-8-29-12)14(17(13)23)19(25)27-2/h3-8,13,15-16,23H,1-2H3. The molecule has 2 heterocycles. The summed E-state index contributed by atoms with van der Waals surface area (Å²) in [5.41, 5.74) is -2.13. The Morgan fingerprint density at radius 3 is 2.10 bits per heavy atom. The first-order chi connectivity index (χ1) is 14.0. The number of thiophene rings is 2. The van der Waals surface area contributed by atoms with Gasteiger partial charge in [0.15, 0.2) is 5.41 Å². The molecule has 0 radical (unpaired) electrons. The molecule has 1 N–H and O–H groups in total. The van der Waals surface area contributed by atoms with E-state index in [4.69, 9.17) is 9.47 Å². The Labute approximate surface area is 175 Å². The summed E-state index contributed by atoms with van der Waals surface area (Å²) >= 11 is 2.50. The number of carbonyl (C=O) groups excluding carboxylic acids is 2. The fourth-order valence-corrected chi connectivity index (χ4v) is 5.67. The van der Waals surface area contributed by atoms with Gasteiger partial charge >= 0.3 is 11.9 Å². The van der Waals surface area contributed by atoms with E-state index in [9.17, 15) is 25.2 Å². The molecule has 9 heteroatoms. The van der Waals surface area contributed by atoms with Crippen LogP contribution in [-0.4, -0.2) is 31.3 Å². The largest absolute Gasteiger partial charge is 0.511 e. The van der Waals surface area contributed by atoms with Crippen molar-refractivity contribution in [3.05, 3.63) is 56.1 Å². The number of rotatable bonds is 4. The highest BCUT2D eigenvalue weighted by molar-refractivity contribution is 7.10. The lowest BCUT2D eigenvalue weighted by Gasteiger charge is -2.43. The van der Waals surface area contributed by atoms with Gasteiger partial charge in [0.25, 0.3) is 0 Å². The first kappa shape index (κ1) is 20.6. The van der Waals surface area contributed by atoms with Crippen molar-refractivity contribution in [1.82, 2.24) is 0 Å². The summed E-state index contributed by atoms with van der Waals surface area (Å²) in [6.45, 7) is 0. The Balaban J connectivity index is 2.44. The predicted molar refractivity (Wildman–Crippen MR) is 105 cm³/mol. The van der Waals surface area contributed by atoms with Crippen LogP contribution in [0.1, 0.15) is 21.6 Å². The highest BCUT2D eigenvalue weighted by atomic mass is 32.1. The van der Waals surface area contributed by atoms with Crippen molar-refractivity contribution in [2.24, 2.45) is 11.3 Å². The summed E-state index contributed by atoms with van der Waals surface area (Å²) in [4.78, 5) is 26.4. The number of nitriles is 2. The molecular formula is C20H16N2O5S2. The number of aliphatic hydroxyl groups excluding tert-OH is 1. The molecule has 148 valence electrons. The van der Waals surface area contributed by atoms with Crippen molar-refractivity contribution in [2.45, 2.75) is 11.8 Å². The predicted octanol–water partition coefficient (Wildman–Crippen LogP) is 3.50. The van der Waals surface area contributed by atoms with Crippen molar-refractivity contribution in [2.75, 3.05) is 14.2 Å². The van der Waals surface area contributed by atoms with E-state index in [0.29, 0.717) is 9.75 Å². The molecule has 0 bridgehead atoms. The second-order valence-corrected chi connectivity index (χ2v) is 8.28. The zero-order chi connectivity index (χ0) is 21.2. The Morgan fingerprint density at radius 1 is 1.07 bits per heavy atom. The minimum absolute atomic E-state index is 0.277. The summed E-state index contributed by atoms with van der Waals surface area (Å²) in [6.07, 6.45) is 0. The average Bonchev–Trinajstić information content (AvgIpc) is 3.45. The number of hydrogen-bond donors (Lipinski definition) is 1. The van der Waals surface area contributed by atoms with Gasteiger partial charge in [0.1, 0.15) is 11.7 Å². The van der Waals surface area contributed by atoms with Crippen LogP contribution in [-0.2, 0) is 19.1 Å². The molecule has 0 amide bonds. The van der Waals surface area contributed by atoms with Gasteiger partial charge in [0.2, 0.25) is 0 Å². The third kappa shape index (κ3) is 3.09. The maximum Gasteiger partial charge on any atom is 0.337 e. The van der Waals surface area contributed by atoms with E-state index in [1.54, 1.807) is 35.0 Å². The molecule has 7 nitrogen and oxygen atoms in total. The number of methoxy groups -OCH3 is 2. The van der Waals surface area contributed by atoms with Gasteiger partial charge < -0.3 is 14.6 Å². The number of aliphatic hydroxyl groups is 1. The minimum atomic E-state index is -1.86. The molecule has 29 heavy (non-hydrogen) atoms. The smallest absolute Gasteiger partial charge is 0.337 e. The quantitative estimate of drug-likeness (QED) is 0.740.